The van der Waals surface area contributed by atoms with Gasteiger partial charge in [0.1, 0.15) is 6.04 Å². The van der Waals surface area contributed by atoms with Gasteiger partial charge in [-0.15, -0.1) is 0 Å². The SMILES string of the molecule is CCOC(=O)C(CN(C)CC1CCOCC1)NC. The summed E-state index contributed by atoms with van der Waals surface area (Å²) in [6, 6.07) is -0.241. The first-order valence-electron chi connectivity index (χ1n) is 6.77. The van der Waals surface area contributed by atoms with Crippen LogP contribution in [0, 0.1) is 5.92 Å². The fourth-order valence-electron chi connectivity index (χ4n) is 2.28. The normalized spacial score (nSPS) is 18.9. The zero-order chi connectivity index (χ0) is 13.4. The van der Waals surface area contributed by atoms with Crippen LogP contribution in [-0.2, 0) is 14.3 Å². The quantitative estimate of drug-likeness (QED) is 0.674. The summed E-state index contributed by atoms with van der Waals surface area (Å²) in [6.07, 6.45) is 2.24. The van der Waals surface area contributed by atoms with Crippen molar-refractivity contribution in [1.82, 2.24) is 10.2 Å². The van der Waals surface area contributed by atoms with Crippen LogP contribution in [0.5, 0.6) is 0 Å². The zero-order valence-corrected chi connectivity index (χ0v) is 11.8. The third kappa shape index (κ3) is 5.33. The Labute approximate surface area is 110 Å². The van der Waals surface area contributed by atoms with E-state index in [4.69, 9.17) is 9.47 Å². The number of nitrogens with zero attached hydrogens (tertiary/aromatic N) is 1. The number of nitrogens with one attached hydrogen (secondary N) is 1. The third-order valence-corrected chi connectivity index (χ3v) is 3.32. The molecule has 1 unspecified atom stereocenters. The summed E-state index contributed by atoms with van der Waals surface area (Å²) in [7, 11) is 3.85. The van der Waals surface area contributed by atoms with Gasteiger partial charge in [-0.1, -0.05) is 0 Å². The predicted molar refractivity (Wildman–Crippen MR) is 70.5 cm³/mol. The van der Waals surface area contributed by atoms with Crippen LogP contribution >= 0.6 is 0 Å². The van der Waals surface area contributed by atoms with Crippen molar-refractivity contribution in [2.24, 2.45) is 5.92 Å². The molecule has 1 N–H and O–H groups in total. The summed E-state index contributed by atoms with van der Waals surface area (Å²) >= 11 is 0. The van der Waals surface area contributed by atoms with E-state index in [0.717, 1.165) is 32.6 Å². The van der Waals surface area contributed by atoms with Crippen LogP contribution in [0.1, 0.15) is 19.8 Å². The van der Waals surface area contributed by atoms with Gasteiger partial charge in [0.05, 0.1) is 6.61 Å². The van der Waals surface area contributed by atoms with E-state index in [1.54, 1.807) is 7.05 Å². The maximum Gasteiger partial charge on any atom is 0.324 e. The number of esters is 1. The van der Waals surface area contributed by atoms with Gasteiger partial charge in [-0.3, -0.25) is 4.79 Å². The van der Waals surface area contributed by atoms with Crippen molar-refractivity contribution >= 4 is 5.97 Å². The Morgan fingerprint density at radius 1 is 1.50 bits per heavy atom. The second kappa shape index (κ2) is 8.45. The molecule has 0 aromatic carbocycles. The van der Waals surface area contributed by atoms with E-state index in [1.807, 2.05) is 6.92 Å². The number of ether oxygens (including phenoxy) is 2. The summed E-state index contributed by atoms with van der Waals surface area (Å²) in [5, 5.41) is 3.01. The molecule has 18 heavy (non-hydrogen) atoms. The third-order valence-electron chi connectivity index (χ3n) is 3.32. The second-order valence-electron chi connectivity index (χ2n) is 4.87. The second-order valence-corrected chi connectivity index (χ2v) is 4.87. The molecule has 1 aliphatic heterocycles. The molecule has 1 aliphatic rings. The first-order valence-corrected chi connectivity index (χ1v) is 6.77. The maximum atomic E-state index is 11.7. The Morgan fingerprint density at radius 3 is 2.72 bits per heavy atom. The van der Waals surface area contributed by atoms with E-state index >= 15 is 0 Å². The molecule has 0 bridgehead atoms. The van der Waals surface area contributed by atoms with Crippen LogP contribution in [0.15, 0.2) is 0 Å². The Balaban J connectivity index is 2.31. The number of likely N-dealkylation sites (N-methyl/N-ethyl adjacent to an activating group) is 2. The zero-order valence-electron chi connectivity index (χ0n) is 11.8. The van der Waals surface area contributed by atoms with Crippen LogP contribution in [0.25, 0.3) is 0 Å². The minimum absolute atomic E-state index is 0.168. The van der Waals surface area contributed by atoms with Crippen molar-refractivity contribution in [2.75, 3.05) is 47.0 Å². The molecule has 1 saturated heterocycles. The standard InChI is InChI=1S/C13H26N2O3/c1-4-18-13(16)12(14-2)10-15(3)9-11-5-7-17-8-6-11/h11-12,14H,4-10H2,1-3H3. The van der Waals surface area contributed by atoms with E-state index in [2.05, 4.69) is 17.3 Å². The van der Waals surface area contributed by atoms with E-state index in [1.165, 1.54) is 0 Å². The number of hydrogen-bond acceptors (Lipinski definition) is 5. The molecular formula is C13H26N2O3. The topological polar surface area (TPSA) is 50.8 Å². The Kier molecular flexibility index (Phi) is 7.23. The van der Waals surface area contributed by atoms with Gasteiger partial charge in [-0.25, -0.2) is 0 Å². The van der Waals surface area contributed by atoms with Crippen LogP contribution in [0.3, 0.4) is 0 Å². The molecule has 0 aliphatic carbocycles. The van der Waals surface area contributed by atoms with Crippen molar-refractivity contribution in [2.45, 2.75) is 25.8 Å². The molecule has 0 radical (unpaired) electrons. The summed E-state index contributed by atoms with van der Waals surface area (Å²) < 4.78 is 10.4. The molecule has 1 heterocycles. The molecule has 0 aromatic rings. The minimum atomic E-state index is -0.241. The molecule has 5 heteroatoms. The van der Waals surface area contributed by atoms with Gasteiger partial charge in [-0.05, 0) is 39.8 Å². The van der Waals surface area contributed by atoms with E-state index < -0.39 is 0 Å². The lowest BCUT2D eigenvalue weighted by molar-refractivity contribution is -0.146. The number of hydrogen-bond donors (Lipinski definition) is 1. The molecule has 0 amide bonds. The highest BCUT2D eigenvalue weighted by molar-refractivity contribution is 5.76. The van der Waals surface area contributed by atoms with Crippen molar-refractivity contribution in [1.29, 1.82) is 0 Å². The van der Waals surface area contributed by atoms with Crippen molar-refractivity contribution in [3.8, 4) is 0 Å². The van der Waals surface area contributed by atoms with Crippen molar-refractivity contribution in [3.05, 3.63) is 0 Å². The Morgan fingerprint density at radius 2 is 2.17 bits per heavy atom. The van der Waals surface area contributed by atoms with Crippen molar-refractivity contribution < 1.29 is 14.3 Å². The van der Waals surface area contributed by atoms with Crippen LogP contribution in [0.2, 0.25) is 0 Å². The van der Waals surface area contributed by atoms with Gasteiger partial charge in [0, 0.05) is 26.3 Å². The van der Waals surface area contributed by atoms with Crippen LogP contribution < -0.4 is 5.32 Å². The molecule has 5 nitrogen and oxygen atoms in total. The molecule has 0 aromatic heterocycles. The highest BCUT2D eigenvalue weighted by Crippen LogP contribution is 2.15. The summed E-state index contributed by atoms with van der Waals surface area (Å²) in [4.78, 5) is 13.9. The number of carbonyl (C=O) groups excluding carboxylic acids is 1. The van der Waals surface area contributed by atoms with E-state index in [9.17, 15) is 4.79 Å². The molecule has 0 spiro atoms. The summed E-state index contributed by atoms with van der Waals surface area (Å²) in [5.74, 6) is 0.516. The average Bonchev–Trinajstić information content (AvgIpc) is 2.37. The molecule has 1 atom stereocenters. The Hall–Kier alpha value is -0.650. The summed E-state index contributed by atoms with van der Waals surface area (Å²) in [5.41, 5.74) is 0. The highest BCUT2D eigenvalue weighted by Gasteiger charge is 2.22. The molecule has 1 rings (SSSR count). The first-order chi connectivity index (χ1) is 8.67. The summed E-state index contributed by atoms with van der Waals surface area (Å²) in [6.45, 7) is 5.70. The van der Waals surface area contributed by atoms with Crippen LogP contribution in [-0.4, -0.2) is 63.9 Å². The Bertz CT molecular complexity index is 242. The van der Waals surface area contributed by atoms with Gasteiger partial charge in [-0.2, -0.15) is 0 Å². The lowest BCUT2D eigenvalue weighted by atomic mass is 10.00. The fourth-order valence-corrected chi connectivity index (χ4v) is 2.28. The lowest BCUT2D eigenvalue weighted by Gasteiger charge is -2.28. The highest BCUT2D eigenvalue weighted by atomic mass is 16.5. The lowest BCUT2D eigenvalue weighted by Crippen LogP contribution is -2.45. The molecule has 0 saturated carbocycles. The van der Waals surface area contributed by atoms with Gasteiger partial charge < -0.3 is 19.7 Å². The van der Waals surface area contributed by atoms with E-state index in [0.29, 0.717) is 19.1 Å². The predicted octanol–water partition coefficient (Wildman–Crippen LogP) is 0.496. The van der Waals surface area contributed by atoms with Gasteiger partial charge in [0.25, 0.3) is 0 Å². The average molecular weight is 258 g/mol. The number of carbonyl (C=O) groups is 1. The van der Waals surface area contributed by atoms with Gasteiger partial charge in [0.15, 0.2) is 0 Å². The van der Waals surface area contributed by atoms with Gasteiger partial charge in [0.2, 0.25) is 0 Å². The molecule has 106 valence electrons. The maximum absolute atomic E-state index is 11.7. The molecular weight excluding hydrogens is 232 g/mol. The van der Waals surface area contributed by atoms with Crippen LogP contribution in [0.4, 0.5) is 0 Å². The minimum Gasteiger partial charge on any atom is -0.465 e. The van der Waals surface area contributed by atoms with Crippen molar-refractivity contribution in [3.63, 3.8) is 0 Å². The first kappa shape index (κ1) is 15.4. The van der Waals surface area contributed by atoms with E-state index in [-0.39, 0.29) is 12.0 Å². The molecule has 1 fully saturated rings. The number of rotatable bonds is 7. The fraction of sp³-hybridized carbons (Fsp3) is 0.923. The van der Waals surface area contributed by atoms with Gasteiger partial charge >= 0.3 is 5.97 Å². The largest absolute Gasteiger partial charge is 0.465 e. The smallest absolute Gasteiger partial charge is 0.324 e. The monoisotopic (exact) mass is 258 g/mol.